The van der Waals surface area contributed by atoms with E-state index in [1.54, 1.807) is 30.3 Å². The SMILES string of the molecule is N#Cc1ccc(N2CCC(Sc3cc(F)c(COc4cccc5c4CN([C@@H]4CCC(=O)NC4=O)C5=O)c(F)c3)CC2)c(F)c1. The molecule has 2 fully saturated rings. The van der Waals surface area contributed by atoms with Crippen molar-refractivity contribution in [3.05, 3.63) is 88.2 Å². The third-order valence-corrected chi connectivity index (χ3v) is 9.50. The molecule has 0 aromatic heterocycles. The molecular formula is C32H27F3N4O4S. The number of hydrogen-bond donors (Lipinski definition) is 1. The van der Waals surface area contributed by atoms with Gasteiger partial charge in [-0.3, -0.25) is 19.7 Å². The Morgan fingerprint density at radius 3 is 2.41 bits per heavy atom. The molecule has 2 saturated heterocycles. The predicted octanol–water partition coefficient (Wildman–Crippen LogP) is 5.08. The zero-order valence-electron chi connectivity index (χ0n) is 23.4. The van der Waals surface area contributed by atoms with Crippen LogP contribution < -0.4 is 15.0 Å². The van der Waals surface area contributed by atoms with E-state index in [4.69, 9.17) is 10.00 Å². The standard InChI is InChI=1S/C32H27F3N4O4S/c33-24-13-20(44-19-8-10-38(11-9-19)27-5-4-18(15-36)12-26(27)35)14-25(34)23(24)17-43-29-3-1-2-21-22(29)16-39(32(21)42)28-6-7-30(40)37-31(28)41/h1-5,12-14,19,28H,6-11,16-17H2,(H,37,40,41)/t28-/m1/s1. The first kappa shape index (κ1) is 29.6. The van der Waals surface area contributed by atoms with E-state index < -0.39 is 36.0 Å². The highest BCUT2D eigenvalue weighted by Gasteiger charge is 2.40. The van der Waals surface area contributed by atoms with Gasteiger partial charge in [0.15, 0.2) is 0 Å². The molecule has 3 aromatic carbocycles. The normalized spacial score (nSPS) is 18.7. The Morgan fingerprint density at radius 1 is 0.977 bits per heavy atom. The van der Waals surface area contributed by atoms with Gasteiger partial charge in [-0.05, 0) is 61.7 Å². The number of ether oxygens (including phenoxy) is 1. The van der Waals surface area contributed by atoms with E-state index in [9.17, 15) is 18.8 Å². The van der Waals surface area contributed by atoms with Crippen LogP contribution in [0.4, 0.5) is 18.9 Å². The average molecular weight is 621 g/mol. The summed E-state index contributed by atoms with van der Waals surface area (Å²) in [5, 5.41) is 11.3. The molecule has 3 aliphatic heterocycles. The van der Waals surface area contributed by atoms with Crippen molar-refractivity contribution in [3.8, 4) is 11.8 Å². The Labute approximate surface area is 255 Å². The highest BCUT2D eigenvalue weighted by Crippen LogP contribution is 2.36. The van der Waals surface area contributed by atoms with Crippen molar-refractivity contribution in [2.75, 3.05) is 18.0 Å². The fraction of sp³-hybridized carbons (Fsp3) is 0.312. The lowest BCUT2D eigenvalue weighted by molar-refractivity contribution is -0.136. The van der Waals surface area contributed by atoms with Crippen molar-refractivity contribution in [3.63, 3.8) is 0 Å². The van der Waals surface area contributed by atoms with Gasteiger partial charge in [0.1, 0.15) is 35.8 Å². The van der Waals surface area contributed by atoms with Crippen LogP contribution in [-0.2, 0) is 22.7 Å². The van der Waals surface area contributed by atoms with Crippen molar-refractivity contribution >= 4 is 35.2 Å². The molecule has 44 heavy (non-hydrogen) atoms. The summed E-state index contributed by atoms with van der Waals surface area (Å²) in [6.45, 7) is 0.818. The summed E-state index contributed by atoms with van der Waals surface area (Å²) in [6.07, 6.45) is 1.72. The summed E-state index contributed by atoms with van der Waals surface area (Å²) in [7, 11) is 0. The number of rotatable bonds is 7. The lowest BCUT2D eigenvalue weighted by Crippen LogP contribution is -2.52. The fourth-order valence-corrected chi connectivity index (χ4v) is 7.04. The number of nitrogens with zero attached hydrogens (tertiary/aromatic N) is 3. The van der Waals surface area contributed by atoms with Crippen molar-refractivity contribution in [1.29, 1.82) is 5.26 Å². The third kappa shape index (κ3) is 5.84. The van der Waals surface area contributed by atoms with E-state index >= 15 is 8.78 Å². The lowest BCUT2D eigenvalue weighted by atomic mass is 10.0. The van der Waals surface area contributed by atoms with Crippen LogP contribution >= 0.6 is 11.8 Å². The van der Waals surface area contributed by atoms with E-state index in [0.717, 1.165) is 0 Å². The molecular weight excluding hydrogens is 593 g/mol. The maximum atomic E-state index is 15.1. The van der Waals surface area contributed by atoms with Gasteiger partial charge in [-0.1, -0.05) is 6.07 Å². The number of thioether (sulfide) groups is 1. The molecule has 3 heterocycles. The number of anilines is 1. The summed E-state index contributed by atoms with van der Waals surface area (Å²) < 4.78 is 50.5. The van der Waals surface area contributed by atoms with Crippen molar-refractivity contribution in [2.45, 2.75) is 55.0 Å². The highest BCUT2D eigenvalue weighted by atomic mass is 32.2. The van der Waals surface area contributed by atoms with Gasteiger partial charge in [-0.2, -0.15) is 5.26 Å². The van der Waals surface area contributed by atoms with Gasteiger partial charge in [0.25, 0.3) is 5.91 Å². The van der Waals surface area contributed by atoms with E-state index in [1.807, 2.05) is 11.0 Å². The van der Waals surface area contributed by atoms with E-state index in [0.29, 0.717) is 47.6 Å². The summed E-state index contributed by atoms with van der Waals surface area (Å²) in [5.74, 6) is -2.94. The maximum absolute atomic E-state index is 15.1. The number of nitrogens with one attached hydrogen (secondary N) is 1. The monoisotopic (exact) mass is 620 g/mol. The van der Waals surface area contributed by atoms with Gasteiger partial charge in [0, 0.05) is 40.8 Å². The molecule has 8 nitrogen and oxygen atoms in total. The molecule has 3 aromatic rings. The van der Waals surface area contributed by atoms with Crippen molar-refractivity contribution in [1.82, 2.24) is 10.2 Å². The molecule has 1 N–H and O–H groups in total. The van der Waals surface area contributed by atoms with Gasteiger partial charge < -0.3 is 14.5 Å². The first-order valence-electron chi connectivity index (χ1n) is 14.2. The number of carbonyl (C=O) groups is 3. The molecule has 0 unspecified atom stereocenters. The van der Waals surface area contributed by atoms with Crippen LogP contribution in [0.5, 0.6) is 5.75 Å². The van der Waals surface area contributed by atoms with Crippen LogP contribution in [0.15, 0.2) is 53.4 Å². The Balaban J connectivity index is 1.08. The zero-order chi connectivity index (χ0) is 31.0. The number of hydrogen-bond acceptors (Lipinski definition) is 7. The second kappa shape index (κ2) is 12.2. The molecule has 0 bridgehead atoms. The smallest absolute Gasteiger partial charge is 0.255 e. The number of amides is 3. The van der Waals surface area contributed by atoms with E-state index in [2.05, 4.69) is 5.32 Å². The summed E-state index contributed by atoms with van der Waals surface area (Å²) >= 11 is 1.37. The number of imide groups is 1. The first-order valence-corrected chi connectivity index (χ1v) is 15.1. The van der Waals surface area contributed by atoms with E-state index in [1.165, 1.54) is 34.9 Å². The van der Waals surface area contributed by atoms with Gasteiger partial charge >= 0.3 is 0 Å². The Bertz CT molecular complexity index is 1680. The van der Waals surface area contributed by atoms with Gasteiger partial charge in [0.2, 0.25) is 11.8 Å². The summed E-state index contributed by atoms with van der Waals surface area (Å²) in [5.41, 5.74) is 1.31. The minimum atomic E-state index is -0.787. The molecule has 3 amide bonds. The maximum Gasteiger partial charge on any atom is 0.255 e. The molecule has 3 aliphatic rings. The second-order valence-corrected chi connectivity index (χ2v) is 12.3. The molecule has 0 radical (unpaired) electrons. The van der Waals surface area contributed by atoms with Crippen LogP contribution in [0.25, 0.3) is 0 Å². The number of benzene rings is 3. The number of fused-ring (bicyclic) bond motifs is 1. The number of nitriles is 1. The van der Waals surface area contributed by atoms with Crippen LogP contribution in [0, 0.1) is 28.8 Å². The van der Waals surface area contributed by atoms with Crippen LogP contribution in [-0.4, -0.2) is 47.0 Å². The third-order valence-electron chi connectivity index (χ3n) is 8.19. The quantitative estimate of drug-likeness (QED) is 0.368. The van der Waals surface area contributed by atoms with Crippen LogP contribution in [0.2, 0.25) is 0 Å². The molecule has 6 rings (SSSR count). The summed E-state index contributed by atoms with van der Waals surface area (Å²) in [6, 6.07) is 12.9. The topological polar surface area (TPSA) is 103 Å². The number of carbonyl (C=O) groups excluding carboxylic acids is 3. The molecule has 0 spiro atoms. The number of halogens is 3. The molecule has 12 heteroatoms. The van der Waals surface area contributed by atoms with Crippen LogP contribution in [0.3, 0.4) is 0 Å². The Hall–Kier alpha value is -4.50. The second-order valence-electron chi connectivity index (χ2n) is 10.9. The van der Waals surface area contributed by atoms with Gasteiger partial charge in [-0.15, -0.1) is 11.8 Å². The first-order chi connectivity index (χ1) is 21.2. The number of piperidine rings is 2. The van der Waals surface area contributed by atoms with Gasteiger partial charge in [0.05, 0.1) is 29.4 Å². The largest absolute Gasteiger partial charge is 0.488 e. The summed E-state index contributed by atoms with van der Waals surface area (Å²) in [4.78, 5) is 40.7. The van der Waals surface area contributed by atoms with Crippen molar-refractivity contribution in [2.24, 2.45) is 0 Å². The zero-order valence-corrected chi connectivity index (χ0v) is 24.3. The Kier molecular flexibility index (Phi) is 8.23. The fourth-order valence-electron chi connectivity index (χ4n) is 5.87. The van der Waals surface area contributed by atoms with Crippen molar-refractivity contribution < 1.29 is 32.3 Å². The van der Waals surface area contributed by atoms with E-state index in [-0.39, 0.29) is 53.3 Å². The Morgan fingerprint density at radius 2 is 1.73 bits per heavy atom. The lowest BCUT2D eigenvalue weighted by Gasteiger charge is -2.33. The molecule has 0 saturated carbocycles. The molecule has 226 valence electrons. The minimum absolute atomic E-state index is 0.0772. The predicted molar refractivity (Wildman–Crippen MR) is 155 cm³/mol. The highest BCUT2D eigenvalue weighted by molar-refractivity contribution is 8.00. The van der Waals surface area contributed by atoms with Crippen LogP contribution in [0.1, 0.15) is 52.7 Å². The molecule has 0 aliphatic carbocycles. The van der Waals surface area contributed by atoms with Gasteiger partial charge in [-0.25, -0.2) is 13.2 Å². The molecule has 1 atom stereocenters. The average Bonchev–Trinajstić information content (AvgIpc) is 3.33. The minimum Gasteiger partial charge on any atom is -0.488 e.